The van der Waals surface area contributed by atoms with Crippen molar-refractivity contribution in [2.24, 2.45) is 0 Å². The Balaban J connectivity index is 1.17. The molecule has 1 aliphatic heterocycles. The Labute approximate surface area is 320 Å². The van der Waals surface area contributed by atoms with Crippen LogP contribution in [0, 0.1) is 0 Å². The summed E-state index contributed by atoms with van der Waals surface area (Å²) in [5.41, 5.74) is 16.5. The smallest absolute Gasteiger partial charge is 0.132 e. The van der Waals surface area contributed by atoms with Crippen molar-refractivity contribution in [3.63, 3.8) is 0 Å². The van der Waals surface area contributed by atoms with Crippen molar-refractivity contribution in [3.8, 4) is 44.9 Å². The zero-order chi connectivity index (χ0) is 36.1. The number of rotatable bonds is 3. The van der Waals surface area contributed by atoms with Gasteiger partial charge in [-0.3, -0.25) is 0 Å². The van der Waals surface area contributed by atoms with Crippen molar-refractivity contribution in [3.05, 3.63) is 251 Å². The number of hydrogen-bond acceptors (Lipinski definition) is 1. The first-order chi connectivity index (χ1) is 27.3. The van der Waals surface area contributed by atoms with E-state index in [0.717, 1.165) is 11.5 Å². The first-order valence-electron chi connectivity index (χ1n) is 19.2. The van der Waals surface area contributed by atoms with Gasteiger partial charge in [-0.2, -0.15) is 0 Å². The summed E-state index contributed by atoms with van der Waals surface area (Å²) in [5, 5.41) is 2.38. The van der Waals surface area contributed by atoms with Crippen molar-refractivity contribution in [2.45, 2.75) is 10.8 Å². The van der Waals surface area contributed by atoms with Gasteiger partial charge in [0.2, 0.25) is 0 Å². The molecule has 9 aromatic carbocycles. The molecule has 1 heteroatoms. The molecule has 1 heterocycles. The fourth-order valence-corrected chi connectivity index (χ4v) is 10.5. The van der Waals surface area contributed by atoms with Crippen LogP contribution in [0.25, 0.3) is 44.2 Å². The zero-order valence-electron chi connectivity index (χ0n) is 30.0. The van der Waals surface area contributed by atoms with E-state index in [1.54, 1.807) is 0 Å². The summed E-state index contributed by atoms with van der Waals surface area (Å²) in [5.74, 6) is 1.80. The third-order valence-electron chi connectivity index (χ3n) is 12.6. The van der Waals surface area contributed by atoms with Crippen molar-refractivity contribution < 1.29 is 4.74 Å². The van der Waals surface area contributed by atoms with Crippen molar-refractivity contribution >= 4 is 10.8 Å². The Bertz CT molecular complexity index is 2930. The number of benzene rings is 9. The average molecular weight is 699 g/mol. The molecule has 0 atom stereocenters. The Morgan fingerprint density at radius 1 is 0.273 bits per heavy atom. The maximum Gasteiger partial charge on any atom is 0.132 e. The van der Waals surface area contributed by atoms with Crippen LogP contribution < -0.4 is 4.74 Å². The van der Waals surface area contributed by atoms with Gasteiger partial charge >= 0.3 is 0 Å². The molecule has 0 unspecified atom stereocenters. The minimum atomic E-state index is -0.575. The second kappa shape index (κ2) is 11.3. The van der Waals surface area contributed by atoms with Gasteiger partial charge in [0.15, 0.2) is 0 Å². The van der Waals surface area contributed by atoms with E-state index in [-0.39, 0.29) is 0 Å². The van der Waals surface area contributed by atoms with E-state index in [1.807, 2.05) is 0 Å². The number of hydrogen-bond donors (Lipinski definition) is 0. The summed E-state index contributed by atoms with van der Waals surface area (Å²) in [6.07, 6.45) is 0. The molecule has 0 aromatic heterocycles. The van der Waals surface area contributed by atoms with E-state index in [4.69, 9.17) is 4.74 Å². The molecule has 0 amide bonds. The van der Waals surface area contributed by atoms with Gasteiger partial charge < -0.3 is 4.74 Å². The fraction of sp³-hybridized carbons (Fsp3) is 0.0370. The maximum atomic E-state index is 7.01. The quantitative estimate of drug-likeness (QED) is 0.178. The highest BCUT2D eigenvalue weighted by Crippen LogP contribution is 2.63. The lowest BCUT2D eigenvalue weighted by Crippen LogP contribution is -2.32. The van der Waals surface area contributed by atoms with Crippen molar-refractivity contribution in [2.75, 3.05) is 0 Å². The second-order valence-corrected chi connectivity index (χ2v) is 15.1. The van der Waals surface area contributed by atoms with Crippen LogP contribution in [0.3, 0.4) is 0 Å². The van der Waals surface area contributed by atoms with Crippen LogP contribution in [-0.2, 0) is 10.8 Å². The van der Waals surface area contributed by atoms with Gasteiger partial charge in [0.1, 0.15) is 11.5 Å². The highest BCUT2D eigenvalue weighted by molar-refractivity contribution is 5.94. The lowest BCUT2D eigenvalue weighted by atomic mass is 9.64. The molecule has 55 heavy (non-hydrogen) atoms. The third kappa shape index (κ3) is 3.92. The predicted molar refractivity (Wildman–Crippen MR) is 224 cm³/mol. The molecule has 0 saturated carbocycles. The predicted octanol–water partition coefficient (Wildman–Crippen LogP) is 13.3. The molecule has 2 aliphatic carbocycles. The fourth-order valence-electron chi connectivity index (χ4n) is 10.5. The maximum absolute atomic E-state index is 7.01. The van der Waals surface area contributed by atoms with E-state index in [2.05, 4.69) is 206 Å². The van der Waals surface area contributed by atoms with Crippen LogP contribution in [0.5, 0.6) is 11.5 Å². The molecular weight excluding hydrogens is 665 g/mol. The average Bonchev–Trinajstić information content (AvgIpc) is 3.72. The third-order valence-corrected chi connectivity index (χ3v) is 12.6. The molecule has 0 bridgehead atoms. The van der Waals surface area contributed by atoms with Crippen LogP contribution in [0.2, 0.25) is 0 Å². The molecule has 1 spiro atoms. The van der Waals surface area contributed by atoms with E-state index in [1.165, 1.54) is 88.7 Å². The lowest BCUT2D eigenvalue weighted by Gasteiger charge is -2.40. The number of fused-ring (bicyclic) bond motifs is 13. The Morgan fingerprint density at radius 2 is 0.691 bits per heavy atom. The molecule has 3 aliphatic rings. The van der Waals surface area contributed by atoms with Crippen LogP contribution in [0.1, 0.15) is 44.5 Å². The molecule has 0 saturated heterocycles. The summed E-state index contributed by atoms with van der Waals surface area (Å²) >= 11 is 0. The van der Waals surface area contributed by atoms with Gasteiger partial charge in [0.25, 0.3) is 0 Å². The topological polar surface area (TPSA) is 9.23 Å². The molecule has 0 fully saturated rings. The molecule has 256 valence electrons. The zero-order valence-corrected chi connectivity index (χ0v) is 30.0. The largest absolute Gasteiger partial charge is 0.457 e. The standard InChI is InChI=1S/C54H34O/c1-2-18-38(19-3-1)53(45-26-12-7-21-40(45)41-22-8-13-27-46(41)53)44-25-11-6-20-39(44)37-30-31-51-49(33-37)54(50-32-35-16-4-5-17-36(35)34-52(50)55-51)47-28-14-9-23-42(47)43-24-10-15-29-48(43)54/h1-34H. The first-order valence-corrected chi connectivity index (χ1v) is 19.2. The van der Waals surface area contributed by atoms with Gasteiger partial charge in [-0.25, -0.2) is 0 Å². The van der Waals surface area contributed by atoms with Crippen LogP contribution in [-0.4, -0.2) is 0 Å². The van der Waals surface area contributed by atoms with Gasteiger partial charge in [-0.05, 0) is 102 Å². The highest BCUT2D eigenvalue weighted by Gasteiger charge is 2.52. The monoisotopic (exact) mass is 698 g/mol. The first kappa shape index (κ1) is 30.5. The normalized spacial score (nSPS) is 14.6. The van der Waals surface area contributed by atoms with E-state index in [0.29, 0.717) is 0 Å². The van der Waals surface area contributed by atoms with Crippen LogP contribution >= 0.6 is 0 Å². The van der Waals surface area contributed by atoms with E-state index < -0.39 is 10.8 Å². The van der Waals surface area contributed by atoms with Crippen LogP contribution in [0.15, 0.2) is 206 Å². The summed E-state index contributed by atoms with van der Waals surface area (Å²) in [6.45, 7) is 0. The SMILES string of the molecule is c1ccc(C2(c3ccccc3-c3ccc4c(c3)C3(c5cc6ccccc6cc5O4)c4ccccc4-c4ccccc43)c3ccccc3-c3ccccc32)cc1. The minimum absolute atomic E-state index is 0.521. The van der Waals surface area contributed by atoms with E-state index >= 15 is 0 Å². The summed E-state index contributed by atoms with van der Waals surface area (Å²) in [4.78, 5) is 0. The minimum Gasteiger partial charge on any atom is -0.457 e. The summed E-state index contributed by atoms with van der Waals surface area (Å²) in [7, 11) is 0. The van der Waals surface area contributed by atoms with Gasteiger partial charge in [-0.15, -0.1) is 0 Å². The Kier molecular flexibility index (Phi) is 6.25. The molecule has 0 N–H and O–H groups in total. The van der Waals surface area contributed by atoms with Gasteiger partial charge in [0, 0.05) is 11.1 Å². The summed E-state index contributed by atoms with van der Waals surface area (Å²) < 4.78 is 7.01. The molecule has 1 nitrogen and oxygen atoms in total. The Hall–Kier alpha value is -6.96. The number of ether oxygens (including phenoxy) is 1. The molecule has 0 radical (unpaired) electrons. The van der Waals surface area contributed by atoms with Gasteiger partial charge in [-0.1, -0.05) is 182 Å². The lowest BCUT2D eigenvalue weighted by molar-refractivity contribution is 0.437. The molecule has 12 rings (SSSR count). The van der Waals surface area contributed by atoms with E-state index in [9.17, 15) is 0 Å². The van der Waals surface area contributed by atoms with Crippen molar-refractivity contribution in [1.82, 2.24) is 0 Å². The Morgan fingerprint density at radius 3 is 1.25 bits per heavy atom. The van der Waals surface area contributed by atoms with Gasteiger partial charge in [0.05, 0.1) is 10.8 Å². The van der Waals surface area contributed by atoms with Crippen molar-refractivity contribution in [1.29, 1.82) is 0 Å². The van der Waals surface area contributed by atoms with Crippen LogP contribution in [0.4, 0.5) is 0 Å². The molecule has 9 aromatic rings. The highest BCUT2D eigenvalue weighted by atomic mass is 16.5. The molecular formula is C54H34O. The second-order valence-electron chi connectivity index (χ2n) is 15.1. The summed E-state index contributed by atoms with van der Waals surface area (Å²) in [6, 6.07) is 76.3.